The Bertz CT molecular complexity index is 543. The lowest BCUT2D eigenvalue weighted by atomic mass is 10.1. The lowest BCUT2D eigenvalue weighted by Crippen LogP contribution is -2.25. The van der Waals surface area contributed by atoms with Crippen molar-refractivity contribution in [2.75, 3.05) is 6.54 Å². The van der Waals surface area contributed by atoms with E-state index in [4.69, 9.17) is 10.4 Å². The molecule has 0 radical (unpaired) electrons. The van der Waals surface area contributed by atoms with E-state index in [0.717, 1.165) is 0 Å². The van der Waals surface area contributed by atoms with E-state index < -0.39 is 16.0 Å². The molecule has 6 nitrogen and oxygen atoms in total. The van der Waals surface area contributed by atoms with Gasteiger partial charge >= 0.3 is 5.97 Å². The largest absolute Gasteiger partial charge is 0.478 e. The minimum Gasteiger partial charge on any atom is -0.478 e. The van der Waals surface area contributed by atoms with E-state index in [1.165, 1.54) is 24.3 Å². The second kappa shape index (κ2) is 5.43. The summed E-state index contributed by atoms with van der Waals surface area (Å²) in [6, 6.07) is 7.18. The fourth-order valence-electron chi connectivity index (χ4n) is 1.16. The highest BCUT2D eigenvalue weighted by Gasteiger charge is 2.11. The molecule has 0 bridgehead atoms. The molecule has 1 aromatic rings. The predicted molar refractivity (Wildman–Crippen MR) is 59.6 cm³/mol. The van der Waals surface area contributed by atoms with E-state index in [1.54, 1.807) is 6.07 Å². The van der Waals surface area contributed by atoms with Crippen LogP contribution in [0.5, 0.6) is 0 Å². The maximum Gasteiger partial charge on any atom is 0.335 e. The van der Waals surface area contributed by atoms with Crippen LogP contribution >= 0.6 is 0 Å². The summed E-state index contributed by atoms with van der Waals surface area (Å²) < 4.78 is 24.9. The zero-order valence-corrected chi connectivity index (χ0v) is 9.57. The number of nitrogens with one attached hydrogen (secondary N) is 1. The molecule has 0 heterocycles. The molecule has 0 aliphatic rings. The van der Waals surface area contributed by atoms with Gasteiger partial charge in [-0.25, -0.2) is 17.9 Å². The first-order valence-corrected chi connectivity index (χ1v) is 6.26. The Morgan fingerprint density at radius 1 is 1.35 bits per heavy atom. The van der Waals surface area contributed by atoms with Gasteiger partial charge in [-0.05, 0) is 17.7 Å². The lowest BCUT2D eigenvalue weighted by Gasteiger charge is -2.03. The van der Waals surface area contributed by atoms with Gasteiger partial charge in [0.15, 0.2) is 0 Å². The van der Waals surface area contributed by atoms with Crippen LogP contribution in [-0.2, 0) is 15.8 Å². The molecule has 2 N–H and O–H groups in total. The van der Waals surface area contributed by atoms with Crippen LogP contribution in [0.25, 0.3) is 0 Å². The van der Waals surface area contributed by atoms with E-state index >= 15 is 0 Å². The highest BCUT2D eigenvalue weighted by molar-refractivity contribution is 7.88. The van der Waals surface area contributed by atoms with Crippen LogP contribution in [0.3, 0.4) is 0 Å². The highest BCUT2D eigenvalue weighted by Crippen LogP contribution is 2.07. The lowest BCUT2D eigenvalue weighted by molar-refractivity contribution is 0.0697. The number of hydrogen-bond donors (Lipinski definition) is 2. The van der Waals surface area contributed by atoms with E-state index in [1.807, 2.05) is 0 Å². The van der Waals surface area contributed by atoms with Gasteiger partial charge in [-0.3, -0.25) is 0 Å². The number of carboxylic acid groups (broad SMARTS) is 1. The maximum absolute atomic E-state index is 11.4. The van der Waals surface area contributed by atoms with E-state index in [2.05, 4.69) is 4.72 Å². The first kappa shape index (κ1) is 13.2. The molecule has 7 heteroatoms. The van der Waals surface area contributed by atoms with Crippen LogP contribution in [0.15, 0.2) is 24.3 Å². The van der Waals surface area contributed by atoms with E-state index in [-0.39, 0.29) is 17.9 Å². The van der Waals surface area contributed by atoms with Gasteiger partial charge in [-0.2, -0.15) is 5.26 Å². The molecule has 0 aliphatic carbocycles. The molecule has 0 saturated heterocycles. The molecule has 0 fully saturated rings. The third kappa shape index (κ3) is 4.22. The normalized spacial score (nSPS) is 10.8. The number of rotatable bonds is 5. The van der Waals surface area contributed by atoms with Crippen molar-refractivity contribution in [3.8, 4) is 6.07 Å². The Balaban J connectivity index is 2.76. The van der Waals surface area contributed by atoms with Crippen molar-refractivity contribution >= 4 is 16.0 Å². The minimum atomic E-state index is -3.55. The molecule has 0 unspecified atom stereocenters. The van der Waals surface area contributed by atoms with Crippen LogP contribution in [0, 0.1) is 11.3 Å². The molecule has 17 heavy (non-hydrogen) atoms. The average Bonchev–Trinajstić information content (AvgIpc) is 2.26. The highest BCUT2D eigenvalue weighted by atomic mass is 32.2. The Kier molecular flexibility index (Phi) is 4.20. The molecule has 0 atom stereocenters. The summed E-state index contributed by atoms with van der Waals surface area (Å²) in [6.07, 6.45) is 0. The van der Waals surface area contributed by atoms with Gasteiger partial charge in [0.25, 0.3) is 0 Å². The summed E-state index contributed by atoms with van der Waals surface area (Å²) in [5.74, 6) is -1.35. The fourth-order valence-corrected chi connectivity index (χ4v) is 2.17. The van der Waals surface area contributed by atoms with Crippen LogP contribution < -0.4 is 4.72 Å². The number of nitriles is 1. The van der Waals surface area contributed by atoms with Crippen molar-refractivity contribution in [1.82, 2.24) is 4.72 Å². The number of sulfonamides is 1. The van der Waals surface area contributed by atoms with E-state index in [9.17, 15) is 13.2 Å². The smallest absolute Gasteiger partial charge is 0.335 e. The van der Waals surface area contributed by atoms with Gasteiger partial charge in [0, 0.05) is 0 Å². The molecule has 1 rings (SSSR count). The van der Waals surface area contributed by atoms with Crippen molar-refractivity contribution in [3.63, 3.8) is 0 Å². The summed E-state index contributed by atoms with van der Waals surface area (Å²) in [6.45, 7) is -0.282. The summed E-state index contributed by atoms with van der Waals surface area (Å²) in [5.41, 5.74) is 0.552. The van der Waals surface area contributed by atoms with Crippen molar-refractivity contribution in [1.29, 1.82) is 5.26 Å². The Hall–Kier alpha value is -1.91. The molecule has 1 aromatic carbocycles. The maximum atomic E-state index is 11.4. The Labute approximate surface area is 98.6 Å². The van der Waals surface area contributed by atoms with Gasteiger partial charge in [0.05, 0.1) is 23.9 Å². The quantitative estimate of drug-likeness (QED) is 0.736. The van der Waals surface area contributed by atoms with Gasteiger partial charge in [0.1, 0.15) is 0 Å². The molecular formula is C10H10N2O4S. The van der Waals surface area contributed by atoms with Crippen LogP contribution in [-0.4, -0.2) is 26.0 Å². The van der Waals surface area contributed by atoms with Crippen LogP contribution in [0.2, 0.25) is 0 Å². The molecule has 0 aliphatic heterocycles. The van der Waals surface area contributed by atoms with Gasteiger partial charge in [-0.1, -0.05) is 12.1 Å². The summed E-state index contributed by atoms with van der Waals surface area (Å²) in [4.78, 5) is 10.6. The first-order valence-electron chi connectivity index (χ1n) is 4.61. The number of hydrogen-bond acceptors (Lipinski definition) is 4. The molecule has 0 saturated carbocycles. The van der Waals surface area contributed by atoms with Gasteiger partial charge < -0.3 is 5.11 Å². The number of nitrogens with zero attached hydrogens (tertiary/aromatic N) is 1. The predicted octanol–water partition coefficient (Wildman–Crippen LogP) is 0.328. The molecule has 90 valence electrons. The number of carbonyl (C=O) groups is 1. The zero-order valence-electron chi connectivity index (χ0n) is 8.75. The third-order valence-electron chi connectivity index (χ3n) is 1.93. The molecule has 0 spiro atoms. The topological polar surface area (TPSA) is 107 Å². The Morgan fingerprint density at radius 3 is 2.41 bits per heavy atom. The Morgan fingerprint density at radius 2 is 1.94 bits per heavy atom. The van der Waals surface area contributed by atoms with Crippen molar-refractivity contribution in [2.45, 2.75) is 5.75 Å². The number of aromatic carboxylic acids is 1. The van der Waals surface area contributed by atoms with Crippen molar-refractivity contribution in [3.05, 3.63) is 35.4 Å². The van der Waals surface area contributed by atoms with Gasteiger partial charge in [-0.15, -0.1) is 0 Å². The fraction of sp³-hybridized carbons (Fsp3) is 0.200. The standard InChI is InChI=1S/C10H10N2O4S/c11-5-6-12-17(15,16)7-8-1-3-9(4-2-8)10(13)14/h1-4,12H,6-7H2,(H,13,14). The first-order chi connectivity index (χ1) is 7.94. The van der Waals surface area contributed by atoms with Crippen molar-refractivity contribution in [2.24, 2.45) is 0 Å². The van der Waals surface area contributed by atoms with E-state index in [0.29, 0.717) is 5.56 Å². The summed E-state index contributed by atoms with van der Waals surface area (Å²) in [7, 11) is -3.55. The summed E-state index contributed by atoms with van der Waals surface area (Å²) >= 11 is 0. The summed E-state index contributed by atoms with van der Waals surface area (Å²) in [5, 5.41) is 16.9. The zero-order chi connectivity index (χ0) is 12.9. The van der Waals surface area contributed by atoms with Crippen LogP contribution in [0.1, 0.15) is 15.9 Å². The molecule has 0 amide bonds. The molecular weight excluding hydrogens is 244 g/mol. The average molecular weight is 254 g/mol. The molecule has 0 aromatic heterocycles. The third-order valence-corrected chi connectivity index (χ3v) is 3.23. The SMILES string of the molecule is N#CCNS(=O)(=O)Cc1ccc(C(=O)O)cc1. The number of benzene rings is 1. The van der Waals surface area contributed by atoms with Crippen LogP contribution in [0.4, 0.5) is 0 Å². The van der Waals surface area contributed by atoms with Crippen molar-refractivity contribution < 1.29 is 18.3 Å². The second-order valence-corrected chi connectivity index (χ2v) is 5.05. The monoisotopic (exact) mass is 254 g/mol. The second-order valence-electron chi connectivity index (χ2n) is 3.24. The van der Waals surface area contributed by atoms with Gasteiger partial charge in [0.2, 0.25) is 10.0 Å². The number of carboxylic acids is 1. The minimum absolute atomic E-state index is 0.0936.